The molecule has 2 rings (SSSR count). The minimum atomic E-state index is -0.362. The van der Waals surface area contributed by atoms with Gasteiger partial charge in [-0.25, -0.2) is 4.39 Å². The van der Waals surface area contributed by atoms with Crippen LogP contribution in [0.4, 0.5) is 4.39 Å². The van der Waals surface area contributed by atoms with Crippen molar-refractivity contribution in [3.8, 4) is 0 Å². The van der Waals surface area contributed by atoms with Crippen molar-refractivity contribution in [2.45, 2.75) is 39.7 Å². The molecule has 1 fully saturated rings. The van der Waals surface area contributed by atoms with Gasteiger partial charge in [0, 0.05) is 25.2 Å². The summed E-state index contributed by atoms with van der Waals surface area (Å²) in [5.74, 6) is -0.0391. The van der Waals surface area contributed by atoms with Gasteiger partial charge in [0.15, 0.2) is 0 Å². The van der Waals surface area contributed by atoms with Crippen LogP contribution in [0.5, 0.6) is 0 Å². The maximum atomic E-state index is 13.8. The predicted molar refractivity (Wildman–Crippen MR) is 82.3 cm³/mol. The molecule has 116 valence electrons. The summed E-state index contributed by atoms with van der Waals surface area (Å²) in [4.78, 5) is 14.5. The van der Waals surface area contributed by atoms with E-state index in [0.717, 1.165) is 32.4 Å². The zero-order valence-electron chi connectivity index (χ0n) is 13.0. The fourth-order valence-electron chi connectivity index (χ4n) is 2.98. The van der Waals surface area contributed by atoms with E-state index >= 15 is 0 Å². The van der Waals surface area contributed by atoms with Crippen LogP contribution in [0.2, 0.25) is 0 Å². The monoisotopic (exact) mass is 292 g/mol. The number of carbonyl (C=O) groups excluding carboxylic acids is 1. The first-order chi connectivity index (χ1) is 10.0. The summed E-state index contributed by atoms with van der Waals surface area (Å²) >= 11 is 0. The molecule has 1 aliphatic heterocycles. The molecular weight excluding hydrogens is 267 g/mol. The van der Waals surface area contributed by atoms with Crippen molar-refractivity contribution in [2.75, 3.05) is 19.6 Å². The molecule has 21 heavy (non-hydrogen) atoms. The van der Waals surface area contributed by atoms with Gasteiger partial charge in [-0.15, -0.1) is 0 Å². The predicted octanol–water partition coefficient (Wildman–Crippen LogP) is 2.95. The standard InChI is InChI=1S/C17H25FN2O/c1-3-10-19-16(21)17(2)9-6-11-20(13-17)12-14-7-4-5-8-15(14)18/h4-5,7-8H,3,6,9-13H2,1-2H3,(H,19,21). The number of nitrogens with zero attached hydrogens (tertiary/aromatic N) is 1. The Morgan fingerprint density at radius 2 is 2.19 bits per heavy atom. The molecule has 1 saturated heterocycles. The highest BCUT2D eigenvalue weighted by molar-refractivity contribution is 5.82. The molecule has 0 radical (unpaired) electrons. The Labute approximate surface area is 126 Å². The van der Waals surface area contributed by atoms with Crippen molar-refractivity contribution in [1.29, 1.82) is 0 Å². The van der Waals surface area contributed by atoms with Gasteiger partial charge in [-0.05, 0) is 38.8 Å². The molecule has 1 unspecified atom stereocenters. The first-order valence-electron chi connectivity index (χ1n) is 7.79. The Morgan fingerprint density at radius 1 is 1.43 bits per heavy atom. The van der Waals surface area contributed by atoms with Gasteiger partial charge < -0.3 is 5.32 Å². The summed E-state index contributed by atoms with van der Waals surface area (Å²) in [6.45, 7) is 6.98. The smallest absolute Gasteiger partial charge is 0.227 e. The van der Waals surface area contributed by atoms with E-state index in [0.29, 0.717) is 18.7 Å². The Balaban J connectivity index is 2.00. The van der Waals surface area contributed by atoms with Crippen molar-refractivity contribution >= 4 is 5.91 Å². The zero-order valence-corrected chi connectivity index (χ0v) is 13.0. The third-order valence-corrected chi connectivity index (χ3v) is 4.21. The van der Waals surface area contributed by atoms with Crippen molar-refractivity contribution < 1.29 is 9.18 Å². The minimum Gasteiger partial charge on any atom is -0.356 e. The third kappa shape index (κ3) is 4.03. The highest BCUT2D eigenvalue weighted by Crippen LogP contribution is 2.30. The fraction of sp³-hybridized carbons (Fsp3) is 0.588. The van der Waals surface area contributed by atoms with Crippen LogP contribution in [0.15, 0.2) is 24.3 Å². The topological polar surface area (TPSA) is 32.3 Å². The molecule has 0 aromatic heterocycles. The molecule has 0 aliphatic carbocycles. The molecule has 3 nitrogen and oxygen atoms in total. The minimum absolute atomic E-state index is 0.127. The average Bonchev–Trinajstić information content (AvgIpc) is 2.47. The quantitative estimate of drug-likeness (QED) is 0.905. The van der Waals surface area contributed by atoms with E-state index in [4.69, 9.17) is 0 Å². The van der Waals surface area contributed by atoms with Gasteiger partial charge in [-0.2, -0.15) is 0 Å². The number of benzene rings is 1. The Morgan fingerprint density at radius 3 is 2.90 bits per heavy atom. The Hall–Kier alpha value is -1.42. The largest absolute Gasteiger partial charge is 0.356 e. The molecule has 1 atom stereocenters. The third-order valence-electron chi connectivity index (χ3n) is 4.21. The van der Waals surface area contributed by atoms with Crippen LogP contribution in [0.25, 0.3) is 0 Å². The fourth-order valence-corrected chi connectivity index (χ4v) is 2.98. The zero-order chi connectivity index (χ0) is 15.3. The summed E-state index contributed by atoms with van der Waals surface area (Å²) in [6, 6.07) is 6.87. The number of piperidine rings is 1. The molecule has 0 spiro atoms. The lowest BCUT2D eigenvalue weighted by atomic mass is 9.80. The molecule has 1 aromatic rings. The number of hydrogen-bond donors (Lipinski definition) is 1. The number of nitrogens with one attached hydrogen (secondary N) is 1. The summed E-state index contributed by atoms with van der Waals surface area (Å²) < 4.78 is 13.8. The molecular formula is C17H25FN2O. The second-order valence-electron chi connectivity index (χ2n) is 6.22. The first kappa shape index (κ1) is 16.0. The SMILES string of the molecule is CCCNC(=O)C1(C)CCCN(Cc2ccccc2F)C1. The van der Waals surface area contributed by atoms with Gasteiger partial charge in [0.05, 0.1) is 5.41 Å². The molecule has 0 saturated carbocycles. The number of hydrogen-bond acceptors (Lipinski definition) is 2. The first-order valence-corrected chi connectivity index (χ1v) is 7.79. The van der Waals surface area contributed by atoms with Gasteiger partial charge in [0.2, 0.25) is 5.91 Å². The molecule has 0 bridgehead atoms. The van der Waals surface area contributed by atoms with Crippen LogP contribution in [0.1, 0.15) is 38.7 Å². The molecule has 1 heterocycles. The van der Waals surface area contributed by atoms with Crippen molar-refractivity contribution in [2.24, 2.45) is 5.41 Å². The molecule has 1 amide bonds. The normalized spacial score (nSPS) is 23.0. The van der Waals surface area contributed by atoms with Crippen molar-refractivity contribution in [3.63, 3.8) is 0 Å². The summed E-state index contributed by atoms with van der Waals surface area (Å²) in [5.41, 5.74) is 0.342. The highest BCUT2D eigenvalue weighted by Gasteiger charge is 2.37. The van der Waals surface area contributed by atoms with Gasteiger partial charge in [-0.1, -0.05) is 25.1 Å². The number of amides is 1. The lowest BCUT2D eigenvalue weighted by Gasteiger charge is -2.39. The second kappa shape index (κ2) is 7.03. The number of carbonyl (C=O) groups is 1. The van der Waals surface area contributed by atoms with E-state index < -0.39 is 0 Å². The van der Waals surface area contributed by atoms with Gasteiger partial charge in [0.1, 0.15) is 5.82 Å². The van der Waals surface area contributed by atoms with E-state index in [1.54, 1.807) is 6.07 Å². The second-order valence-corrected chi connectivity index (χ2v) is 6.22. The van der Waals surface area contributed by atoms with Crippen LogP contribution < -0.4 is 5.32 Å². The van der Waals surface area contributed by atoms with E-state index in [1.165, 1.54) is 6.07 Å². The van der Waals surface area contributed by atoms with Gasteiger partial charge >= 0.3 is 0 Å². The highest BCUT2D eigenvalue weighted by atomic mass is 19.1. The maximum absolute atomic E-state index is 13.8. The van der Waals surface area contributed by atoms with E-state index in [2.05, 4.69) is 10.2 Å². The van der Waals surface area contributed by atoms with Crippen LogP contribution in [0, 0.1) is 11.2 Å². The molecule has 1 aliphatic rings. The van der Waals surface area contributed by atoms with Gasteiger partial charge in [0.25, 0.3) is 0 Å². The Bertz CT molecular complexity index is 491. The molecule has 4 heteroatoms. The van der Waals surface area contributed by atoms with E-state index in [9.17, 15) is 9.18 Å². The van der Waals surface area contributed by atoms with Crippen molar-refractivity contribution in [1.82, 2.24) is 10.2 Å². The van der Waals surface area contributed by atoms with Gasteiger partial charge in [-0.3, -0.25) is 9.69 Å². The summed E-state index contributed by atoms with van der Waals surface area (Å²) in [5, 5.41) is 3.00. The molecule has 1 aromatic carbocycles. The molecule has 1 N–H and O–H groups in total. The average molecular weight is 292 g/mol. The number of likely N-dealkylation sites (tertiary alicyclic amines) is 1. The number of halogens is 1. The van der Waals surface area contributed by atoms with Crippen LogP contribution in [-0.2, 0) is 11.3 Å². The maximum Gasteiger partial charge on any atom is 0.227 e. The van der Waals surface area contributed by atoms with Crippen molar-refractivity contribution in [3.05, 3.63) is 35.6 Å². The summed E-state index contributed by atoms with van der Waals surface area (Å²) in [7, 11) is 0. The van der Waals surface area contributed by atoms with Crippen LogP contribution in [-0.4, -0.2) is 30.4 Å². The lowest BCUT2D eigenvalue weighted by Crippen LogP contribution is -2.50. The lowest BCUT2D eigenvalue weighted by molar-refractivity contribution is -0.133. The number of rotatable bonds is 5. The van der Waals surface area contributed by atoms with E-state index in [-0.39, 0.29) is 17.1 Å². The van der Waals surface area contributed by atoms with Crippen LogP contribution >= 0.6 is 0 Å². The Kier molecular flexibility index (Phi) is 5.34. The summed E-state index contributed by atoms with van der Waals surface area (Å²) in [6.07, 6.45) is 2.82. The van der Waals surface area contributed by atoms with Crippen LogP contribution in [0.3, 0.4) is 0 Å². The van der Waals surface area contributed by atoms with E-state index in [1.807, 2.05) is 26.0 Å².